The molecule has 0 bridgehead atoms. The maximum atomic E-state index is 11.7. The number of rotatable bonds is 2. The van der Waals surface area contributed by atoms with Crippen molar-refractivity contribution in [2.45, 2.75) is 0 Å². The van der Waals surface area contributed by atoms with Gasteiger partial charge >= 0.3 is 0 Å². The van der Waals surface area contributed by atoms with Crippen LogP contribution in [0.15, 0.2) is 12.1 Å². The van der Waals surface area contributed by atoms with Gasteiger partial charge in [0.1, 0.15) is 0 Å². The Morgan fingerprint density at radius 1 is 1.67 bits per heavy atom. The van der Waals surface area contributed by atoms with E-state index in [0.717, 1.165) is 0 Å². The Kier molecular flexibility index (Phi) is 2.65. The third-order valence-electron chi connectivity index (χ3n) is 2.16. The lowest BCUT2D eigenvalue weighted by atomic mass is 9.87. The molecule has 1 aromatic rings. The van der Waals surface area contributed by atoms with E-state index in [0.29, 0.717) is 9.34 Å². The number of nitrogens with zero attached hydrogens (tertiary/aromatic N) is 1. The summed E-state index contributed by atoms with van der Waals surface area (Å²) in [5.41, 5.74) is -1.02. The number of nitriles is 1. The van der Waals surface area contributed by atoms with E-state index < -0.39 is 5.41 Å². The number of hydrogen-bond donors (Lipinski definition) is 1. The van der Waals surface area contributed by atoms with Gasteiger partial charge < -0.3 is 10.1 Å². The van der Waals surface area contributed by atoms with Crippen LogP contribution in [0.5, 0.6) is 0 Å². The van der Waals surface area contributed by atoms with E-state index in [2.05, 4.69) is 5.32 Å². The van der Waals surface area contributed by atoms with E-state index in [1.807, 2.05) is 6.07 Å². The molecule has 0 unspecified atom stereocenters. The first-order chi connectivity index (χ1) is 7.16. The smallest absolute Gasteiger partial charge is 0.250 e. The highest BCUT2D eigenvalue weighted by Crippen LogP contribution is 2.31. The highest BCUT2D eigenvalue weighted by atomic mass is 35.5. The number of nitrogens with one attached hydrogen (secondary N) is 1. The van der Waals surface area contributed by atoms with Gasteiger partial charge in [-0.3, -0.25) is 4.79 Å². The zero-order valence-electron chi connectivity index (χ0n) is 7.62. The van der Waals surface area contributed by atoms with Crippen molar-refractivity contribution in [3.8, 4) is 6.07 Å². The molecule has 0 atom stereocenters. The van der Waals surface area contributed by atoms with Crippen molar-refractivity contribution >= 4 is 33.8 Å². The van der Waals surface area contributed by atoms with E-state index in [1.54, 1.807) is 12.1 Å². The third kappa shape index (κ3) is 1.84. The van der Waals surface area contributed by atoms with Gasteiger partial charge in [0.2, 0.25) is 5.91 Å². The van der Waals surface area contributed by atoms with Crippen molar-refractivity contribution in [2.24, 2.45) is 5.41 Å². The van der Waals surface area contributed by atoms with E-state index in [-0.39, 0.29) is 19.1 Å². The summed E-state index contributed by atoms with van der Waals surface area (Å²) in [4.78, 5) is 11.7. The standard InChI is InChI=1S/C9H7ClN2O2S/c10-6-1-2-7(15-6)12-8(13)9(3-11)4-14-5-9/h1-2H,4-5H2,(H,12,13). The number of halogens is 1. The molecule has 1 aromatic heterocycles. The number of thiophene rings is 1. The van der Waals surface area contributed by atoms with Crippen LogP contribution < -0.4 is 5.32 Å². The molecule has 4 nitrogen and oxygen atoms in total. The molecule has 0 saturated carbocycles. The molecular formula is C9H7ClN2O2S. The monoisotopic (exact) mass is 242 g/mol. The number of carbonyl (C=O) groups is 1. The van der Waals surface area contributed by atoms with Crippen LogP contribution in [0.25, 0.3) is 0 Å². The van der Waals surface area contributed by atoms with E-state index in [1.165, 1.54) is 11.3 Å². The van der Waals surface area contributed by atoms with E-state index >= 15 is 0 Å². The molecule has 1 aliphatic rings. The molecule has 2 heterocycles. The molecule has 0 aromatic carbocycles. The van der Waals surface area contributed by atoms with Crippen LogP contribution in [0.1, 0.15) is 0 Å². The second-order valence-electron chi connectivity index (χ2n) is 3.24. The van der Waals surface area contributed by atoms with Gasteiger partial charge in [0.05, 0.1) is 28.6 Å². The van der Waals surface area contributed by atoms with Crippen LogP contribution in [-0.2, 0) is 9.53 Å². The number of ether oxygens (including phenoxy) is 1. The fourth-order valence-corrected chi connectivity index (χ4v) is 2.10. The number of hydrogen-bond acceptors (Lipinski definition) is 4. The summed E-state index contributed by atoms with van der Waals surface area (Å²) < 4.78 is 5.49. The zero-order chi connectivity index (χ0) is 10.9. The maximum absolute atomic E-state index is 11.7. The molecule has 1 fully saturated rings. The summed E-state index contributed by atoms with van der Waals surface area (Å²) >= 11 is 6.98. The summed E-state index contributed by atoms with van der Waals surface area (Å²) in [5.74, 6) is -0.324. The van der Waals surface area contributed by atoms with Crippen LogP contribution in [0.2, 0.25) is 4.34 Å². The minimum absolute atomic E-state index is 0.161. The first-order valence-electron chi connectivity index (χ1n) is 4.22. The molecule has 0 aliphatic carbocycles. The lowest BCUT2D eigenvalue weighted by Gasteiger charge is -2.32. The van der Waals surface area contributed by atoms with Gasteiger partial charge in [0.25, 0.3) is 0 Å². The Morgan fingerprint density at radius 2 is 2.40 bits per heavy atom. The van der Waals surface area contributed by atoms with Gasteiger partial charge in [0, 0.05) is 0 Å². The van der Waals surface area contributed by atoms with Gasteiger partial charge in [-0.15, -0.1) is 11.3 Å². The molecule has 1 saturated heterocycles. The lowest BCUT2D eigenvalue weighted by Crippen LogP contribution is -2.50. The number of amides is 1. The van der Waals surface area contributed by atoms with Gasteiger partial charge in [-0.25, -0.2) is 0 Å². The molecule has 0 radical (unpaired) electrons. The largest absolute Gasteiger partial charge is 0.377 e. The van der Waals surface area contributed by atoms with E-state index in [4.69, 9.17) is 21.6 Å². The molecule has 0 spiro atoms. The van der Waals surface area contributed by atoms with Crippen molar-refractivity contribution in [1.29, 1.82) is 5.26 Å². The minimum atomic E-state index is -1.02. The Hall–Kier alpha value is -1.09. The normalized spacial score (nSPS) is 17.6. The Bertz CT molecular complexity index is 434. The van der Waals surface area contributed by atoms with Crippen LogP contribution in [0.3, 0.4) is 0 Å². The average Bonchev–Trinajstić information content (AvgIpc) is 2.50. The molecule has 6 heteroatoms. The first kappa shape index (κ1) is 10.4. The SMILES string of the molecule is N#CC1(C(=O)Nc2ccc(Cl)s2)COC1. The van der Waals surface area contributed by atoms with Crippen LogP contribution >= 0.6 is 22.9 Å². The Labute approximate surface area is 95.4 Å². The van der Waals surface area contributed by atoms with Crippen LogP contribution in [0.4, 0.5) is 5.00 Å². The summed E-state index contributed by atoms with van der Waals surface area (Å²) in [7, 11) is 0. The summed E-state index contributed by atoms with van der Waals surface area (Å²) in [6, 6.07) is 5.37. The molecule has 1 N–H and O–H groups in total. The van der Waals surface area contributed by atoms with Gasteiger partial charge in [-0.05, 0) is 12.1 Å². The van der Waals surface area contributed by atoms with E-state index in [9.17, 15) is 4.79 Å². The second kappa shape index (κ2) is 3.81. The number of carbonyl (C=O) groups excluding carboxylic acids is 1. The highest BCUT2D eigenvalue weighted by Gasteiger charge is 2.46. The fraction of sp³-hybridized carbons (Fsp3) is 0.333. The van der Waals surface area contributed by atoms with Crippen molar-refractivity contribution < 1.29 is 9.53 Å². The molecule has 15 heavy (non-hydrogen) atoms. The average molecular weight is 243 g/mol. The quantitative estimate of drug-likeness (QED) is 0.861. The molecule has 1 amide bonds. The van der Waals surface area contributed by atoms with Crippen LogP contribution in [0, 0.1) is 16.7 Å². The summed E-state index contributed by atoms with van der Waals surface area (Å²) in [6.45, 7) is 0.322. The molecule has 78 valence electrons. The lowest BCUT2D eigenvalue weighted by molar-refractivity contribution is -0.144. The molecule has 1 aliphatic heterocycles. The number of anilines is 1. The maximum Gasteiger partial charge on any atom is 0.250 e. The predicted octanol–water partition coefficient (Wildman–Crippen LogP) is 1.88. The van der Waals surface area contributed by atoms with Crippen molar-refractivity contribution in [2.75, 3.05) is 18.5 Å². The van der Waals surface area contributed by atoms with Gasteiger partial charge in [-0.2, -0.15) is 5.26 Å². The summed E-state index contributed by atoms with van der Waals surface area (Å²) in [5, 5.41) is 12.2. The van der Waals surface area contributed by atoms with Gasteiger partial charge in [0.15, 0.2) is 5.41 Å². The topological polar surface area (TPSA) is 62.1 Å². The van der Waals surface area contributed by atoms with Crippen molar-refractivity contribution in [3.05, 3.63) is 16.5 Å². The summed E-state index contributed by atoms with van der Waals surface area (Å²) in [6.07, 6.45) is 0. The molecule has 2 rings (SSSR count). The first-order valence-corrected chi connectivity index (χ1v) is 5.41. The predicted molar refractivity (Wildman–Crippen MR) is 56.8 cm³/mol. The van der Waals surface area contributed by atoms with Crippen molar-refractivity contribution in [1.82, 2.24) is 0 Å². The Balaban J connectivity index is 2.07. The second-order valence-corrected chi connectivity index (χ2v) is 4.96. The Morgan fingerprint density at radius 3 is 2.80 bits per heavy atom. The fourth-order valence-electron chi connectivity index (χ4n) is 1.17. The molecular weight excluding hydrogens is 236 g/mol. The zero-order valence-corrected chi connectivity index (χ0v) is 9.19. The minimum Gasteiger partial charge on any atom is -0.377 e. The van der Waals surface area contributed by atoms with Crippen LogP contribution in [-0.4, -0.2) is 19.1 Å². The third-order valence-corrected chi connectivity index (χ3v) is 3.30. The van der Waals surface area contributed by atoms with Crippen molar-refractivity contribution in [3.63, 3.8) is 0 Å². The highest BCUT2D eigenvalue weighted by molar-refractivity contribution is 7.20. The van der Waals surface area contributed by atoms with Gasteiger partial charge in [-0.1, -0.05) is 11.6 Å².